The SMILES string of the molecule is Fc1ccc(-n2c(=S)[nH]c3cccnc32)cc1Cl. The highest BCUT2D eigenvalue weighted by Gasteiger charge is 2.09. The van der Waals surface area contributed by atoms with Gasteiger partial charge in [-0.05, 0) is 42.5 Å². The summed E-state index contributed by atoms with van der Waals surface area (Å²) in [6, 6.07) is 8.13. The van der Waals surface area contributed by atoms with Crippen LogP contribution in [0, 0.1) is 10.6 Å². The van der Waals surface area contributed by atoms with Crippen molar-refractivity contribution in [2.45, 2.75) is 0 Å². The molecule has 2 heterocycles. The number of nitrogens with zero attached hydrogens (tertiary/aromatic N) is 2. The second-order valence-corrected chi connectivity index (χ2v) is 4.53. The molecule has 0 atom stereocenters. The molecule has 90 valence electrons. The lowest BCUT2D eigenvalue weighted by atomic mass is 10.3. The van der Waals surface area contributed by atoms with Crippen molar-refractivity contribution in [3.8, 4) is 5.69 Å². The number of imidazole rings is 1. The first kappa shape index (κ1) is 11.4. The Balaban J connectivity index is 2.34. The first-order chi connectivity index (χ1) is 8.66. The van der Waals surface area contributed by atoms with Gasteiger partial charge in [0.15, 0.2) is 10.4 Å². The van der Waals surface area contributed by atoms with Gasteiger partial charge in [-0.25, -0.2) is 9.37 Å². The summed E-state index contributed by atoms with van der Waals surface area (Å²) in [7, 11) is 0. The molecule has 0 bridgehead atoms. The molecule has 0 saturated carbocycles. The van der Waals surface area contributed by atoms with Gasteiger partial charge >= 0.3 is 0 Å². The van der Waals surface area contributed by atoms with Gasteiger partial charge in [0.05, 0.1) is 16.2 Å². The molecule has 2 aromatic heterocycles. The van der Waals surface area contributed by atoms with E-state index in [9.17, 15) is 4.39 Å². The van der Waals surface area contributed by atoms with Gasteiger partial charge in [0.1, 0.15) is 5.82 Å². The number of halogens is 2. The average Bonchev–Trinajstić information content (AvgIpc) is 2.69. The lowest BCUT2D eigenvalue weighted by Crippen LogP contribution is -1.96. The zero-order chi connectivity index (χ0) is 12.7. The Labute approximate surface area is 112 Å². The lowest BCUT2D eigenvalue weighted by Gasteiger charge is -2.04. The van der Waals surface area contributed by atoms with Crippen LogP contribution < -0.4 is 0 Å². The molecule has 0 spiro atoms. The van der Waals surface area contributed by atoms with Gasteiger partial charge in [-0.3, -0.25) is 4.57 Å². The van der Waals surface area contributed by atoms with Crippen molar-refractivity contribution in [3.05, 3.63) is 52.1 Å². The molecular weight excluding hydrogens is 273 g/mol. The van der Waals surface area contributed by atoms with E-state index < -0.39 is 5.82 Å². The third kappa shape index (κ3) is 1.72. The molecule has 6 heteroatoms. The smallest absolute Gasteiger partial charge is 0.183 e. The number of nitrogens with one attached hydrogen (secondary N) is 1. The summed E-state index contributed by atoms with van der Waals surface area (Å²) < 4.78 is 15.4. The van der Waals surface area contributed by atoms with Crippen LogP contribution in [0.1, 0.15) is 0 Å². The molecule has 0 aliphatic carbocycles. The molecule has 3 rings (SSSR count). The molecule has 0 aliphatic rings. The lowest BCUT2D eigenvalue weighted by molar-refractivity contribution is 0.628. The van der Waals surface area contributed by atoms with E-state index >= 15 is 0 Å². The van der Waals surface area contributed by atoms with Crippen LogP contribution in [0.25, 0.3) is 16.9 Å². The molecule has 0 aliphatic heterocycles. The second-order valence-electron chi connectivity index (χ2n) is 3.74. The number of pyridine rings is 1. The van der Waals surface area contributed by atoms with E-state index in [4.69, 9.17) is 23.8 Å². The van der Waals surface area contributed by atoms with Gasteiger partial charge in [-0.2, -0.15) is 0 Å². The van der Waals surface area contributed by atoms with Gasteiger partial charge in [-0.15, -0.1) is 0 Å². The van der Waals surface area contributed by atoms with Crippen molar-refractivity contribution < 1.29 is 4.39 Å². The van der Waals surface area contributed by atoms with Crippen molar-refractivity contribution in [1.82, 2.24) is 14.5 Å². The number of aromatic nitrogens is 3. The van der Waals surface area contributed by atoms with Crippen LogP contribution in [-0.4, -0.2) is 14.5 Å². The summed E-state index contributed by atoms with van der Waals surface area (Å²) >= 11 is 11.0. The highest BCUT2D eigenvalue weighted by Crippen LogP contribution is 2.22. The van der Waals surface area contributed by atoms with Crippen LogP contribution in [0.3, 0.4) is 0 Å². The summed E-state index contributed by atoms with van der Waals surface area (Å²) in [6.07, 6.45) is 1.67. The Morgan fingerprint density at radius 3 is 2.94 bits per heavy atom. The largest absolute Gasteiger partial charge is 0.329 e. The minimum atomic E-state index is -0.459. The van der Waals surface area contributed by atoms with Gasteiger partial charge in [0.25, 0.3) is 0 Å². The number of benzene rings is 1. The van der Waals surface area contributed by atoms with Gasteiger partial charge in [0.2, 0.25) is 0 Å². The number of hydrogen-bond acceptors (Lipinski definition) is 2. The van der Waals surface area contributed by atoms with E-state index in [1.807, 2.05) is 12.1 Å². The maximum absolute atomic E-state index is 13.2. The summed E-state index contributed by atoms with van der Waals surface area (Å²) in [5, 5.41) is 0.0553. The van der Waals surface area contributed by atoms with Crippen molar-refractivity contribution in [2.75, 3.05) is 0 Å². The summed E-state index contributed by atoms with van der Waals surface area (Å²) in [4.78, 5) is 7.30. The Hall–Kier alpha value is -1.72. The van der Waals surface area contributed by atoms with Crippen LogP contribution in [-0.2, 0) is 0 Å². The Kier molecular flexibility index (Phi) is 2.65. The molecule has 1 aromatic carbocycles. The molecule has 1 N–H and O–H groups in total. The van der Waals surface area contributed by atoms with Crippen molar-refractivity contribution >= 4 is 35.0 Å². The van der Waals surface area contributed by atoms with E-state index in [2.05, 4.69) is 9.97 Å². The zero-order valence-corrected chi connectivity index (χ0v) is 10.6. The van der Waals surface area contributed by atoms with Crippen LogP contribution in [0.4, 0.5) is 4.39 Å². The van der Waals surface area contributed by atoms with Crippen LogP contribution in [0.2, 0.25) is 5.02 Å². The minimum absolute atomic E-state index is 0.0553. The highest BCUT2D eigenvalue weighted by molar-refractivity contribution is 7.71. The fraction of sp³-hybridized carbons (Fsp3) is 0. The molecule has 0 radical (unpaired) electrons. The van der Waals surface area contributed by atoms with Crippen LogP contribution in [0.5, 0.6) is 0 Å². The van der Waals surface area contributed by atoms with E-state index in [0.29, 0.717) is 16.1 Å². The summed E-state index contributed by atoms with van der Waals surface area (Å²) in [6.45, 7) is 0. The molecule has 18 heavy (non-hydrogen) atoms. The highest BCUT2D eigenvalue weighted by atomic mass is 35.5. The zero-order valence-electron chi connectivity index (χ0n) is 9.02. The van der Waals surface area contributed by atoms with Gasteiger partial charge in [-0.1, -0.05) is 11.6 Å². The van der Waals surface area contributed by atoms with Gasteiger partial charge in [0, 0.05) is 6.20 Å². The molecular formula is C12H7ClFN3S. The summed E-state index contributed by atoms with van der Waals surface area (Å²) in [5.74, 6) is -0.459. The van der Waals surface area contributed by atoms with Crippen LogP contribution in [0.15, 0.2) is 36.5 Å². The first-order valence-corrected chi connectivity index (χ1v) is 5.96. The predicted octanol–water partition coefficient (Wildman–Crippen LogP) is 3.88. The fourth-order valence-corrected chi connectivity index (χ4v) is 2.28. The molecule has 3 nitrogen and oxygen atoms in total. The standard InChI is InChI=1S/C12H7ClFN3S/c13-8-6-7(3-4-9(8)14)17-11-10(16-12(17)18)2-1-5-15-11/h1-6H,(H,16,18). The quantitative estimate of drug-likeness (QED) is 0.686. The maximum Gasteiger partial charge on any atom is 0.183 e. The predicted molar refractivity (Wildman–Crippen MR) is 71.2 cm³/mol. The molecule has 0 amide bonds. The fourth-order valence-electron chi connectivity index (χ4n) is 1.80. The van der Waals surface area contributed by atoms with E-state index in [1.165, 1.54) is 12.1 Å². The molecule has 0 saturated heterocycles. The Morgan fingerprint density at radius 1 is 1.33 bits per heavy atom. The minimum Gasteiger partial charge on any atom is -0.329 e. The van der Waals surface area contributed by atoms with E-state index in [1.54, 1.807) is 16.8 Å². The Bertz CT molecular complexity index is 793. The van der Waals surface area contributed by atoms with E-state index in [0.717, 1.165) is 5.52 Å². The van der Waals surface area contributed by atoms with Crippen molar-refractivity contribution in [3.63, 3.8) is 0 Å². The number of H-pyrrole nitrogens is 1. The number of fused-ring (bicyclic) bond motifs is 1. The first-order valence-electron chi connectivity index (χ1n) is 5.18. The average molecular weight is 280 g/mol. The Morgan fingerprint density at radius 2 is 2.17 bits per heavy atom. The number of rotatable bonds is 1. The normalized spacial score (nSPS) is 11.0. The van der Waals surface area contributed by atoms with Gasteiger partial charge < -0.3 is 4.98 Å². The number of aromatic amines is 1. The van der Waals surface area contributed by atoms with Crippen molar-refractivity contribution in [2.24, 2.45) is 0 Å². The molecule has 0 fully saturated rings. The summed E-state index contributed by atoms with van der Waals surface area (Å²) in [5.41, 5.74) is 2.18. The topological polar surface area (TPSA) is 33.6 Å². The molecule has 3 aromatic rings. The monoisotopic (exact) mass is 279 g/mol. The van der Waals surface area contributed by atoms with Crippen LogP contribution >= 0.6 is 23.8 Å². The van der Waals surface area contributed by atoms with Crippen molar-refractivity contribution in [1.29, 1.82) is 0 Å². The number of hydrogen-bond donors (Lipinski definition) is 1. The van der Waals surface area contributed by atoms with E-state index in [-0.39, 0.29) is 5.02 Å². The third-order valence-electron chi connectivity index (χ3n) is 2.60. The maximum atomic E-state index is 13.2. The molecule has 0 unspecified atom stereocenters. The second kappa shape index (κ2) is 4.19. The third-order valence-corrected chi connectivity index (χ3v) is 3.18.